The molecule has 17 heavy (non-hydrogen) atoms. The Labute approximate surface area is 103 Å². The Morgan fingerprint density at radius 2 is 2.12 bits per heavy atom. The van der Waals surface area contributed by atoms with Crippen LogP contribution in [0, 0.1) is 0 Å². The van der Waals surface area contributed by atoms with Gasteiger partial charge in [0.25, 0.3) is 0 Å². The number of carbonyl (C=O) groups is 3. The number of nitrogens with two attached hydrogens (primary N) is 1. The molecule has 0 aliphatic carbocycles. The number of aliphatic hydroxyl groups excluding tert-OH is 1. The van der Waals surface area contributed by atoms with Crippen molar-refractivity contribution >= 4 is 29.5 Å². The molecule has 0 aliphatic heterocycles. The summed E-state index contributed by atoms with van der Waals surface area (Å²) in [5.41, 5.74) is 4.91. The number of ether oxygens (including phenoxy) is 1. The van der Waals surface area contributed by atoms with Gasteiger partial charge in [-0.15, -0.1) is 0 Å². The quantitative estimate of drug-likeness (QED) is 0.353. The molecule has 2 amide bonds. The molecule has 98 valence electrons. The average molecular weight is 264 g/mol. The van der Waals surface area contributed by atoms with Gasteiger partial charge in [0.05, 0.1) is 19.5 Å². The molecule has 1 unspecified atom stereocenters. The lowest BCUT2D eigenvalue weighted by molar-refractivity contribution is -0.146. The van der Waals surface area contributed by atoms with E-state index in [9.17, 15) is 14.4 Å². The number of thioether (sulfide) groups is 1. The van der Waals surface area contributed by atoms with E-state index in [1.807, 2.05) is 0 Å². The number of rotatable bonds is 8. The summed E-state index contributed by atoms with van der Waals surface area (Å²) in [4.78, 5) is 32.8. The predicted molar refractivity (Wildman–Crippen MR) is 62.2 cm³/mol. The summed E-state index contributed by atoms with van der Waals surface area (Å²) in [5, 5.41) is 11.2. The number of amides is 2. The van der Waals surface area contributed by atoms with Crippen molar-refractivity contribution in [1.82, 2.24) is 5.32 Å². The predicted octanol–water partition coefficient (Wildman–Crippen LogP) is -1.75. The maximum Gasteiger partial charge on any atom is 0.330 e. The number of primary amides is 1. The van der Waals surface area contributed by atoms with Crippen LogP contribution < -0.4 is 11.1 Å². The van der Waals surface area contributed by atoms with E-state index in [2.05, 4.69) is 10.1 Å². The highest BCUT2D eigenvalue weighted by atomic mass is 32.2. The minimum absolute atomic E-state index is 0.130. The van der Waals surface area contributed by atoms with Crippen LogP contribution in [0.2, 0.25) is 0 Å². The first-order valence-corrected chi connectivity index (χ1v) is 6.00. The summed E-state index contributed by atoms with van der Waals surface area (Å²) < 4.78 is 4.38. The molecule has 4 N–H and O–H groups in total. The van der Waals surface area contributed by atoms with Crippen LogP contribution in [0.5, 0.6) is 0 Å². The molecule has 0 fully saturated rings. The highest BCUT2D eigenvalue weighted by molar-refractivity contribution is 7.99. The van der Waals surface area contributed by atoms with E-state index in [4.69, 9.17) is 10.8 Å². The SMILES string of the molecule is COC(=O)C(CO)NC(=O)CCSCC(N)=O. The van der Waals surface area contributed by atoms with Gasteiger partial charge in [0.2, 0.25) is 11.8 Å². The number of esters is 1. The molecule has 0 radical (unpaired) electrons. The van der Waals surface area contributed by atoms with Gasteiger partial charge in [0, 0.05) is 12.2 Å². The van der Waals surface area contributed by atoms with Gasteiger partial charge in [-0.3, -0.25) is 9.59 Å². The Morgan fingerprint density at radius 3 is 2.59 bits per heavy atom. The minimum Gasteiger partial charge on any atom is -0.467 e. The minimum atomic E-state index is -1.05. The fourth-order valence-corrected chi connectivity index (χ4v) is 1.60. The van der Waals surface area contributed by atoms with Gasteiger partial charge in [-0.1, -0.05) is 0 Å². The molecule has 0 aliphatic rings. The fraction of sp³-hybridized carbons (Fsp3) is 0.667. The zero-order valence-electron chi connectivity index (χ0n) is 9.47. The summed E-state index contributed by atoms with van der Waals surface area (Å²) in [6.07, 6.45) is 0.130. The van der Waals surface area contributed by atoms with Crippen molar-refractivity contribution in [3.05, 3.63) is 0 Å². The van der Waals surface area contributed by atoms with Gasteiger partial charge in [0.1, 0.15) is 0 Å². The van der Waals surface area contributed by atoms with Crippen molar-refractivity contribution in [3.8, 4) is 0 Å². The largest absolute Gasteiger partial charge is 0.467 e. The van der Waals surface area contributed by atoms with Crippen LogP contribution in [0.15, 0.2) is 0 Å². The summed E-state index contributed by atoms with van der Waals surface area (Å²) in [6, 6.07) is -1.05. The van der Waals surface area contributed by atoms with Crippen LogP contribution in [0.4, 0.5) is 0 Å². The van der Waals surface area contributed by atoms with Crippen LogP contribution >= 0.6 is 11.8 Å². The molecule has 0 saturated heterocycles. The normalized spacial score (nSPS) is 11.6. The van der Waals surface area contributed by atoms with E-state index in [1.54, 1.807) is 0 Å². The van der Waals surface area contributed by atoms with E-state index in [1.165, 1.54) is 18.9 Å². The summed E-state index contributed by atoms with van der Waals surface area (Å²) in [6.45, 7) is -0.521. The van der Waals surface area contributed by atoms with Gasteiger partial charge in [0.15, 0.2) is 6.04 Å². The van der Waals surface area contributed by atoms with Gasteiger partial charge >= 0.3 is 5.97 Å². The second-order valence-electron chi connectivity index (χ2n) is 3.09. The smallest absolute Gasteiger partial charge is 0.330 e. The zero-order chi connectivity index (χ0) is 13.3. The lowest BCUT2D eigenvalue weighted by Gasteiger charge is -2.13. The van der Waals surface area contributed by atoms with Gasteiger partial charge in [-0.05, 0) is 0 Å². The molecule has 7 nitrogen and oxygen atoms in total. The van der Waals surface area contributed by atoms with E-state index >= 15 is 0 Å². The molecule has 1 atom stereocenters. The molecular weight excluding hydrogens is 248 g/mol. The number of hydrogen-bond donors (Lipinski definition) is 3. The molecule has 0 aromatic heterocycles. The first kappa shape index (κ1) is 15.7. The van der Waals surface area contributed by atoms with Crippen molar-refractivity contribution in [2.75, 3.05) is 25.2 Å². The van der Waals surface area contributed by atoms with E-state index in [0.717, 1.165) is 0 Å². The lowest BCUT2D eigenvalue weighted by atomic mass is 10.3. The summed E-state index contributed by atoms with van der Waals surface area (Å²) in [5.74, 6) is -0.989. The number of methoxy groups -OCH3 is 1. The van der Waals surface area contributed by atoms with Crippen LogP contribution in [0.1, 0.15) is 6.42 Å². The van der Waals surface area contributed by atoms with Gasteiger partial charge in [-0.25, -0.2) is 4.79 Å². The number of hydrogen-bond acceptors (Lipinski definition) is 6. The van der Waals surface area contributed by atoms with Gasteiger partial charge in [-0.2, -0.15) is 11.8 Å². The zero-order valence-corrected chi connectivity index (χ0v) is 10.3. The van der Waals surface area contributed by atoms with Crippen molar-refractivity contribution < 1.29 is 24.2 Å². The Morgan fingerprint density at radius 1 is 1.47 bits per heavy atom. The molecule has 0 aromatic rings. The van der Waals surface area contributed by atoms with E-state index in [0.29, 0.717) is 5.75 Å². The molecular formula is C9H16N2O5S. The maximum absolute atomic E-state index is 11.3. The lowest BCUT2D eigenvalue weighted by Crippen LogP contribution is -2.44. The van der Waals surface area contributed by atoms with Crippen LogP contribution in [0.25, 0.3) is 0 Å². The maximum atomic E-state index is 11.3. The van der Waals surface area contributed by atoms with Crippen molar-refractivity contribution in [2.45, 2.75) is 12.5 Å². The van der Waals surface area contributed by atoms with Crippen LogP contribution in [-0.2, 0) is 19.1 Å². The van der Waals surface area contributed by atoms with Gasteiger partial charge < -0.3 is 20.9 Å². The number of carbonyl (C=O) groups excluding carboxylic acids is 3. The third kappa shape index (κ3) is 7.58. The van der Waals surface area contributed by atoms with E-state index in [-0.39, 0.29) is 12.2 Å². The van der Waals surface area contributed by atoms with E-state index < -0.39 is 30.4 Å². The highest BCUT2D eigenvalue weighted by Crippen LogP contribution is 2.01. The monoisotopic (exact) mass is 264 g/mol. The Balaban J connectivity index is 3.83. The molecule has 0 bridgehead atoms. The summed E-state index contributed by atoms with van der Waals surface area (Å²) in [7, 11) is 1.17. The number of nitrogens with one attached hydrogen (secondary N) is 1. The Kier molecular flexibility index (Phi) is 8.16. The third-order valence-electron chi connectivity index (χ3n) is 1.72. The fourth-order valence-electron chi connectivity index (χ4n) is 0.925. The first-order valence-electron chi connectivity index (χ1n) is 4.85. The molecule has 0 spiro atoms. The third-order valence-corrected chi connectivity index (χ3v) is 2.70. The Hall–Kier alpha value is -1.28. The molecule has 0 rings (SSSR count). The highest BCUT2D eigenvalue weighted by Gasteiger charge is 2.19. The second-order valence-corrected chi connectivity index (χ2v) is 4.20. The Bertz CT molecular complexity index is 285. The standard InChI is InChI=1S/C9H16N2O5S/c1-16-9(15)6(4-12)11-8(14)2-3-17-5-7(10)13/h6,12H,2-5H2,1H3,(H2,10,13)(H,11,14). The molecule has 0 heterocycles. The summed E-state index contributed by atoms with van der Waals surface area (Å²) >= 11 is 1.22. The molecule has 8 heteroatoms. The van der Waals surface area contributed by atoms with Crippen molar-refractivity contribution in [2.24, 2.45) is 5.73 Å². The average Bonchev–Trinajstić information content (AvgIpc) is 2.30. The molecule has 0 saturated carbocycles. The number of aliphatic hydroxyl groups is 1. The van der Waals surface area contributed by atoms with Crippen molar-refractivity contribution in [3.63, 3.8) is 0 Å². The van der Waals surface area contributed by atoms with Crippen LogP contribution in [-0.4, -0.2) is 54.2 Å². The second kappa shape index (κ2) is 8.82. The topological polar surface area (TPSA) is 119 Å². The van der Waals surface area contributed by atoms with Crippen LogP contribution in [0.3, 0.4) is 0 Å². The first-order chi connectivity index (χ1) is 8.01. The molecule has 0 aromatic carbocycles. The van der Waals surface area contributed by atoms with Crippen molar-refractivity contribution in [1.29, 1.82) is 0 Å².